The number of carbonyl (C=O) groups excluding carboxylic acids is 1. The van der Waals surface area contributed by atoms with E-state index in [1.165, 1.54) is 25.7 Å². The van der Waals surface area contributed by atoms with E-state index in [0.29, 0.717) is 23.0 Å². The van der Waals surface area contributed by atoms with Crippen molar-refractivity contribution in [3.8, 4) is 0 Å². The van der Waals surface area contributed by atoms with Gasteiger partial charge in [-0.2, -0.15) is 0 Å². The molecule has 3 unspecified atom stereocenters. The molecule has 0 heterocycles. The number of hydrogen-bond donors (Lipinski definition) is 0. The minimum Gasteiger partial charge on any atom is -0.353 e. The van der Waals surface area contributed by atoms with Crippen molar-refractivity contribution in [3.05, 3.63) is 0 Å². The Morgan fingerprint density at radius 3 is 2.38 bits per heavy atom. The summed E-state index contributed by atoms with van der Waals surface area (Å²) in [5, 5.41) is 0. The summed E-state index contributed by atoms with van der Waals surface area (Å²) in [5.74, 6) is 3.12. The molecule has 0 amide bonds. The van der Waals surface area contributed by atoms with Crippen molar-refractivity contribution in [1.82, 2.24) is 0 Å². The lowest BCUT2D eigenvalue weighted by Gasteiger charge is -2.61. The molecule has 0 aliphatic heterocycles. The van der Waals surface area contributed by atoms with Crippen LogP contribution in [0.2, 0.25) is 0 Å². The van der Waals surface area contributed by atoms with Crippen molar-refractivity contribution in [2.24, 2.45) is 34.5 Å². The molecule has 0 aromatic rings. The van der Waals surface area contributed by atoms with Gasteiger partial charge >= 0.3 is 0 Å². The molecule has 3 nitrogen and oxygen atoms in total. The number of carbonyl (C=O) groups is 1. The molecule has 0 saturated heterocycles. The monoisotopic (exact) mass is 334 g/mol. The number of ketones is 1. The molecule has 0 bridgehead atoms. The average molecular weight is 335 g/mol. The second kappa shape index (κ2) is 5.54. The standard InChI is InChI=1S/C21H34O3/c1-19-11-12-21(23-3,24-4)13-14(19)5-6-15-16-7-8-18(22)20(16,2)10-9-17(15)19/h14-17H,5-13H2,1-4H3/t14-,15?,16?,17?,19-,20-/m0/s1. The summed E-state index contributed by atoms with van der Waals surface area (Å²) in [6.07, 6.45) is 10.2. The van der Waals surface area contributed by atoms with Crippen molar-refractivity contribution in [3.63, 3.8) is 0 Å². The summed E-state index contributed by atoms with van der Waals surface area (Å²) in [6.45, 7) is 4.82. The maximum Gasteiger partial charge on any atom is 0.167 e. The molecule has 4 rings (SSSR count). The predicted octanol–water partition coefficient (Wildman–Crippen LogP) is 4.59. The van der Waals surface area contributed by atoms with E-state index in [9.17, 15) is 4.79 Å². The third kappa shape index (κ3) is 2.13. The molecule has 6 atom stereocenters. The van der Waals surface area contributed by atoms with Crippen LogP contribution in [-0.4, -0.2) is 25.8 Å². The summed E-state index contributed by atoms with van der Waals surface area (Å²) in [7, 11) is 3.60. The van der Waals surface area contributed by atoms with Gasteiger partial charge in [0.1, 0.15) is 5.78 Å². The summed E-state index contributed by atoms with van der Waals surface area (Å²) >= 11 is 0. The van der Waals surface area contributed by atoms with E-state index in [1.54, 1.807) is 14.2 Å². The van der Waals surface area contributed by atoms with Crippen LogP contribution in [-0.2, 0) is 14.3 Å². The minimum atomic E-state index is -0.358. The van der Waals surface area contributed by atoms with Gasteiger partial charge in [0.15, 0.2) is 5.79 Å². The van der Waals surface area contributed by atoms with Crippen molar-refractivity contribution >= 4 is 5.78 Å². The highest BCUT2D eigenvalue weighted by Crippen LogP contribution is 2.66. The van der Waals surface area contributed by atoms with E-state index in [-0.39, 0.29) is 11.2 Å². The first-order valence-electron chi connectivity index (χ1n) is 10.0. The van der Waals surface area contributed by atoms with E-state index in [4.69, 9.17) is 9.47 Å². The highest BCUT2D eigenvalue weighted by atomic mass is 16.7. The fourth-order valence-electron chi connectivity index (χ4n) is 7.42. The summed E-state index contributed by atoms with van der Waals surface area (Å²) in [4.78, 5) is 12.5. The predicted molar refractivity (Wildman–Crippen MR) is 93.5 cm³/mol. The van der Waals surface area contributed by atoms with E-state index in [2.05, 4.69) is 13.8 Å². The number of ether oxygens (including phenoxy) is 2. The molecule has 4 aliphatic rings. The Labute approximate surface area is 146 Å². The van der Waals surface area contributed by atoms with E-state index in [1.807, 2.05) is 0 Å². The lowest BCUT2D eigenvalue weighted by atomic mass is 9.45. The lowest BCUT2D eigenvalue weighted by molar-refractivity contribution is -0.261. The first kappa shape index (κ1) is 17.0. The van der Waals surface area contributed by atoms with Crippen molar-refractivity contribution < 1.29 is 14.3 Å². The quantitative estimate of drug-likeness (QED) is 0.693. The van der Waals surface area contributed by atoms with Crippen LogP contribution in [0.1, 0.15) is 71.6 Å². The second-order valence-corrected chi connectivity index (χ2v) is 9.60. The summed E-state index contributed by atoms with van der Waals surface area (Å²) < 4.78 is 11.6. The van der Waals surface area contributed by atoms with Crippen LogP contribution in [0, 0.1) is 34.5 Å². The van der Waals surface area contributed by atoms with E-state index >= 15 is 0 Å². The highest BCUT2D eigenvalue weighted by Gasteiger charge is 2.61. The Balaban J connectivity index is 1.60. The second-order valence-electron chi connectivity index (χ2n) is 9.60. The summed E-state index contributed by atoms with van der Waals surface area (Å²) in [6, 6.07) is 0. The van der Waals surface area contributed by atoms with Crippen molar-refractivity contribution in [2.45, 2.75) is 77.4 Å². The van der Waals surface area contributed by atoms with Gasteiger partial charge in [-0.25, -0.2) is 0 Å². The molecular formula is C21H34O3. The zero-order chi connectivity index (χ0) is 17.2. The Morgan fingerprint density at radius 2 is 1.67 bits per heavy atom. The van der Waals surface area contributed by atoms with Crippen molar-refractivity contribution in [2.75, 3.05) is 14.2 Å². The van der Waals surface area contributed by atoms with Gasteiger partial charge in [-0.3, -0.25) is 4.79 Å². The Morgan fingerprint density at radius 1 is 0.917 bits per heavy atom. The molecule has 0 spiro atoms. The molecule has 0 radical (unpaired) electrons. The normalized spacial score (nSPS) is 50.1. The summed E-state index contributed by atoms with van der Waals surface area (Å²) in [5.41, 5.74) is 0.415. The fraction of sp³-hybridized carbons (Fsp3) is 0.952. The smallest absolute Gasteiger partial charge is 0.167 e. The van der Waals surface area contributed by atoms with Gasteiger partial charge < -0.3 is 9.47 Å². The third-order valence-corrected chi connectivity index (χ3v) is 9.12. The highest BCUT2D eigenvalue weighted by molar-refractivity contribution is 5.87. The topological polar surface area (TPSA) is 35.5 Å². The molecule has 24 heavy (non-hydrogen) atoms. The van der Waals surface area contributed by atoms with Crippen LogP contribution in [0.4, 0.5) is 0 Å². The third-order valence-electron chi connectivity index (χ3n) is 9.12. The number of rotatable bonds is 2. The molecule has 3 heteroatoms. The van der Waals surface area contributed by atoms with E-state index < -0.39 is 0 Å². The Bertz CT molecular complexity index is 525. The Kier molecular flexibility index (Phi) is 3.93. The largest absolute Gasteiger partial charge is 0.353 e. The van der Waals surface area contributed by atoms with Gasteiger partial charge in [0, 0.05) is 38.9 Å². The van der Waals surface area contributed by atoms with Gasteiger partial charge in [0.25, 0.3) is 0 Å². The van der Waals surface area contributed by atoms with Gasteiger partial charge in [-0.05, 0) is 67.6 Å². The fourth-order valence-corrected chi connectivity index (χ4v) is 7.42. The minimum absolute atomic E-state index is 0.00183. The maximum atomic E-state index is 12.5. The molecule has 0 N–H and O–H groups in total. The number of Topliss-reactive ketones (excluding diaryl/α,β-unsaturated/α-hetero) is 1. The van der Waals surface area contributed by atoms with Gasteiger partial charge in [-0.15, -0.1) is 0 Å². The molecule has 0 aromatic heterocycles. The van der Waals surface area contributed by atoms with Crippen LogP contribution in [0.3, 0.4) is 0 Å². The van der Waals surface area contributed by atoms with E-state index in [0.717, 1.165) is 43.9 Å². The zero-order valence-corrected chi connectivity index (χ0v) is 15.9. The number of fused-ring (bicyclic) bond motifs is 5. The first-order valence-corrected chi connectivity index (χ1v) is 10.0. The zero-order valence-electron chi connectivity index (χ0n) is 15.9. The van der Waals surface area contributed by atoms with Gasteiger partial charge in [0.05, 0.1) is 0 Å². The molecule has 4 fully saturated rings. The lowest BCUT2D eigenvalue weighted by Crippen LogP contribution is -2.56. The van der Waals surface area contributed by atoms with Gasteiger partial charge in [0.2, 0.25) is 0 Å². The average Bonchev–Trinajstić information content (AvgIpc) is 2.90. The Hall–Kier alpha value is -0.410. The van der Waals surface area contributed by atoms with Crippen LogP contribution in [0.5, 0.6) is 0 Å². The maximum absolute atomic E-state index is 12.5. The molecule has 136 valence electrons. The van der Waals surface area contributed by atoms with Crippen LogP contribution in [0.25, 0.3) is 0 Å². The van der Waals surface area contributed by atoms with Crippen molar-refractivity contribution in [1.29, 1.82) is 0 Å². The molecule has 0 aromatic carbocycles. The van der Waals surface area contributed by atoms with Gasteiger partial charge in [-0.1, -0.05) is 13.8 Å². The van der Waals surface area contributed by atoms with Crippen LogP contribution < -0.4 is 0 Å². The molecular weight excluding hydrogens is 300 g/mol. The molecule has 4 aliphatic carbocycles. The number of hydrogen-bond acceptors (Lipinski definition) is 3. The van der Waals surface area contributed by atoms with Crippen LogP contribution >= 0.6 is 0 Å². The SMILES string of the molecule is COC1(OC)CC[C@]2(C)C3CC[C@]4(C)C(=O)CCC4C3CC[C@H]2C1. The van der Waals surface area contributed by atoms with Crippen LogP contribution in [0.15, 0.2) is 0 Å². The molecule has 4 saturated carbocycles. The first-order chi connectivity index (χ1) is 11.4. The number of methoxy groups -OCH3 is 2.